The standard InChI is InChI=1S/C46H26N4/c1-2-13-29-25-30(22-21-27(29)11-1)44-33-16-5-8-18-36(33)47-46(48-44)50-39-24-23-28-12-3-4-14-31(28)41(39)43-40(50)26-35-32-15-6-9-19-37(32)49-38-20-10-7-17-34(38)42(43)45(35)49/h1-26H. The molecule has 8 aromatic carbocycles. The monoisotopic (exact) mass is 634 g/mol. The summed E-state index contributed by atoms with van der Waals surface area (Å²) in [5.41, 5.74) is 8.85. The first-order valence-corrected chi connectivity index (χ1v) is 17.1. The molecule has 4 heteroatoms. The number of rotatable bonds is 2. The van der Waals surface area contributed by atoms with Crippen LogP contribution in [-0.2, 0) is 0 Å². The fourth-order valence-corrected chi connectivity index (χ4v) is 8.71. The lowest BCUT2D eigenvalue weighted by Crippen LogP contribution is -2.03. The highest BCUT2D eigenvalue weighted by Crippen LogP contribution is 2.48. The first kappa shape index (κ1) is 26.2. The zero-order valence-corrected chi connectivity index (χ0v) is 26.8. The smallest absolute Gasteiger partial charge is 0.235 e. The lowest BCUT2D eigenvalue weighted by molar-refractivity contribution is 1.01. The van der Waals surface area contributed by atoms with E-state index < -0.39 is 0 Å². The summed E-state index contributed by atoms with van der Waals surface area (Å²) in [7, 11) is 0. The summed E-state index contributed by atoms with van der Waals surface area (Å²) >= 11 is 0. The molecule has 0 amide bonds. The van der Waals surface area contributed by atoms with Gasteiger partial charge < -0.3 is 4.40 Å². The quantitative estimate of drug-likeness (QED) is 0.190. The Hall–Kier alpha value is -6.78. The summed E-state index contributed by atoms with van der Waals surface area (Å²) in [6, 6.07) is 56.8. The molecular weight excluding hydrogens is 609 g/mol. The predicted octanol–water partition coefficient (Wildman–Crippen LogP) is 11.9. The molecule has 0 fully saturated rings. The molecule has 230 valence electrons. The van der Waals surface area contributed by atoms with Gasteiger partial charge in [-0.05, 0) is 57.9 Å². The van der Waals surface area contributed by atoms with E-state index in [1.165, 1.54) is 70.4 Å². The Balaban J connectivity index is 1.31. The fourth-order valence-electron chi connectivity index (χ4n) is 8.71. The van der Waals surface area contributed by atoms with Crippen molar-refractivity contribution in [1.82, 2.24) is 18.9 Å². The largest absolute Gasteiger partial charge is 0.308 e. The third-order valence-electron chi connectivity index (χ3n) is 10.8. The van der Waals surface area contributed by atoms with Crippen molar-refractivity contribution in [1.29, 1.82) is 0 Å². The molecule has 0 aliphatic heterocycles. The van der Waals surface area contributed by atoms with Crippen molar-refractivity contribution in [3.8, 4) is 17.2 Å². The number of benzene rings is 8. The lowest BCUT2D eigenvalue weighted by Gasteiger charge is -2.12. The average molecular weight is 635 g/mol. The Morgan fingerprint density at radius 3 is 1.90 bits per heavy atom. The van der Waals surface area contributed by atoms with E-state index in [1.807, 2.05) is 0 Å². The van der Waals surface area contributed by atoms with Crippen LogP contribution in [0.3, 0.4) is 0 Å². The van der Waals surface area contributed by atoms with Crippen molar-refractivity contribution in [3.05, 3.63) is 158 Å². The van der Waals surface area contributed by atoms with Gasteiger partial charge >= 0.3 is 0 Å². The topological polar surface area (TPSA) is 35.1 Å². The Labute approximate surface area is 285 Å². The molecule has 0 aliphatic rings. The van der Waals surface area contributed by atoms with Gasteiger partial charge in [0.15, 0.2) is 0 Å². The molecular formula is C46H26N4. The molecule has 0 radical (unpaired) electrons. The van der Waals surface area contributed by atoms with Gasteiger partial charge in [-0.1, -0.05) is 121 Å². The summed E-state index contributed by atoms with van der Waals surface area (Å²) in [6.07, 6.45) is 0. The Kier molecular flexibility index (Phi) is 4.94. The van der Waals surface area contributed by atoms with Gasteiger partial charge in [0, 0.05) is 43.3 Å². The summed E-state index contributed by atoms with van der Waals surface area (Å²) in [4.78, 5) is 10.8. The van der Waals surface area contributed by atoms with Crippen LogP contribution >= 0.6 is 0 Å². The molecule has 4 nitrogen and oxygen atoms in total. The van der Waals surface area contributed by atoms with Gasteiger partial charge in [0.2, 0.25) is 5.95 Å². The van der Waals surface area contributed by atoms with Crippen LogP contribution in [0.4, 0.5) is 0 Å². The molecule has 0 bridgehead atoms. The van der Waals surface area contributed by atoms with Crippen molar-refractivity contribution in [2.75, 3.05) is 0 Å². The maximum Gasteiger partial charge on any atom is 0.235 e. The third-order valence-corrected chi connectivity index (χ3v) is 10.8. The van der Waals surface area contributed by atoms with Crippen LogP contribution in [-0.4, -0.2) is 18.9 Å². The van der Waals surface area contributed by atoms with E-state index in [4.69, 9.17) is 9.97 Å². The van der Waals surface area contributed by atoms with E-state index in [0.717, 1.165) is 33.2 Å². The Morgan fingerprint density at radius 1 is 0.380 bits per heavy atom. The minimum Gasteiger partial charge on any atom is -0.308 e. The van der Waals surface area contributed by atoms with E-state index in [2.05, 4.69) is 167 Å². The molecule has 0 spiro atoms. The highest BCUT2D eigenvalue weighted by atomic mass is 15.2. The third kappa shape index (κ3) is 3.30. The molecule has 0 saturated heterocycles. The van der Waals surface area contributed by atoms with Gasteiger partial charge in [0.25, 0.3) is 0 Å². The normalized spacial score (nSPS) is 12.4. The van der Waals surface area contributed by atoms with Crippen molar-refractivity contribution >= 4 is 92.3 Å². The second kappa shape index (κ2) is 9.43. The fraction of sp³-hybridized carbons (Fsp3) is 0. The molecule has 0 atom stereocenters. The van der Waals surface area contributed by atoms with E-state index in [9.17, 15) is 0 Å². The number of aromatic nitrogens is 4. The van der Waals surface area contributed by atoms with Gasteiger partial charge in [0.05, 0.1) is 38.8 Å². The number of hydrogen-bond acceptors (Lipinski definition) is 2. The number of nitrogens with zero attached hydrogens (tertiary/aromatic N) is 4. The number of para-hydroxylation sites is 3. The predicted molar refractivity (Wildman–Crippen MR) is 209 cm³/mol. The molecule has 0 N–H and O–H groups in total. The van der Waals surface area contributed by atoms with Crippen LogP contribution in [0.2, 0.25) is 0 Å². The first-order valence-electron chi connectivity index (χ1n) is 17.1. The molecule has 0 saturated carbocycles. The summed E-state index contributed by atoms with van der Waals surface area (Å²) in [6.45, 7) is 0. The molecule has 12 aromatic rings. The maximum absolute atomic E-state index is 5.49. The van der Waals surface area contributed by atoms with Crippen LogP contribution in [0.25, 0.3) is 110 Å². The van der Waals surface area contributed by atoms with E-state index in [0.29, 0.717) is 5.95 Å². The van der Waals surface area contributed by atoms with Crippen LogP contribution < -0.4 is 0 Å². The molecule has 50 heavy (non-hydrogen) atoms. The van der Waals surface area contributed by atoms with Crippen molar-refractivity contribution < 1.29 is 0 Å². The van der Waals surface area contributed by atoms with Gasteiger partial charge in [-0.3, -0.25) is 4.57 Å². The van der Waals surface area contributed by atoms with Crippen LogP contribution in [0, 0.1) is 0 Å². The molecule has 12 rings (SSSR count). The van der Waals surface area contributed by atoms with Crippen molar-refractivity contribution in [3.63, 3.8) is 0 Å². The van der Waals surface area contributed by atoms with Crippen LogP contribution in [0.1, 0.15) is 0 Å². The number of fused-ring (bicyclic) bond motifs is 14. The van der Waals surface area contributed by atoms with Gasteiger partial charge in [0.1, 0.15) is 0 Å². The molecule has 4 heterocycles. The highest BCUT2D eigenvalue weighted by Gasteiger charge is 2.26. The van der Waals surface area contributed by atoms with Gasteiger partial charge in [-0.25, -0.2) is 9.97 Å². The second-order valence-corrected chi connectivity index (χ2v) is 13.4. The molecule has 0 unspecified atom stereocenters. The van der Waals surface area contributed by atoms with Gasteiger partial charge in [-0.15, -0.1) is 0 Å². The van der Waals surface area contributed by atoms with E-state index >= 15 is 0 Å². The van der Waals surface area contributed by atoms with E-state index in [-0.39, 0.29) is 0 Å². The lowest BCUT2D eigenvalue weighted by atomic mass is 9.99. The molecule has 0 aliphatic carbocycles. The molecule has 4 aromatic heterocycles. The zero-order chi connectivity index (χ0) is 32.5. The maximum atomic E-state index is 5.49. The summed E-state index contributed by atoms with van der Waals surface area (Å²) < 4.78 is 4.78. The Morgan fingerprint density at radius 2 is 1.04 bits per heavy atom. The van der Waals surface area contributed by atoms with Crippen molar-refractivity contribution in [2.24, 2.45) is 0 Å². The van der Waals surface area contributed by atoms with Crippen molar-refractivity contribution in [2.45, 2.75) is 0 Å². The number of hydrogen-bond donors (Lipinski definition) is 0. The van der Waals surface area contributed by atoms with Crippen LogP contribution in [0.15, 0.2) is 158 Å². The minimum absolute atomic E-state index is 0.670. The minimum atomic E-state index is 0.670. The van der Waals surface area contributed by atoms with Gasteiger partial charge in [-0.2, -0.15) is 0 Å². The first-order chi connectivity index (χ1) is 24.8. The Bertz CT molecular complexity index is 3380. The zero-order valence-electron chi connectivity index (χ0n) is 26.8. The summed E-state index contributed by atoms with van der Waals surface area (Å²) in [5.74, 6) is 0.670. The average Bonchev–Trinajstić information content (AvgIpc) is 3.82. The summed E-state index contributed by atoms with van der Waals surface area (Å²) in [5, 5.41) is 13.4. The highest BCUT2D eigenvalue weighted by molar-refractivity contribution is 6.38. The van der Waals surface area contributed by atoms with Crippen LogP contribution in [0.5, 0.6) is 0 Å². The SMILES string of the molecule is c1ccc2cc(-c3nc(-n4c5ccc6ccccc6c5c5c6c7ccccc7n7c8ccccc8c(cc54)c67)nc4ccccc34)ccc2c1. The second-order valence-electron chi connectivity index (χ2n) is 13.4. The van der Waals surface area contributed by atoms with E-state index in [1.54, 1.807) is 0 Å².